The summed E-state index contributed by atoms with van der Waals surface area (Å²) >= 11 is 0. The molecule has 0 aromatic heterocycles. The van der Waals surface area contributed by atoms with E-state index in [2.05, 4.69) is 5.92 Å². The minimum atomic E-state index is -0.392. The SMILES string of the molecule is C#CCC(O)CCc1ccc(OC)cc1. The van der Waals surface area contributed by atoms with Crippen LogP contribution in [-0.4, -0.2) is 18.3 Å². The van der Waals surface area contributed by atoms with Gasteiger partial charge in [0.05, 0.1) is 13.2 Å². The Balaban J connectivity index is 2.41. The Bertz CT molecular complexity index is 321. The first-order valence-electron chi connectivity index (χ1n) is 5.00. The molecule has 1 aromatic carbocycles. The smallest absolute Gasteiger partial charge is 0.118 e. The van der Waals surface area contributed by atoms with Crippen LogP contribution in [0.3, 0.4) is 0 Å². The van der Waals surface area contributed by atoms with Crippen molar-refractivity contribution in [3.05, 3.63) is 29.8 Å². The molecule has 1 atom stereocenters. The van der Waals surface area contributed by atoms with E-state index in [9.17, 15) is 5.11 Å². The van der Waals surface area contributed by atoms with Crippen LogP contribution in [0, 0.1) is 12.3 Å². The number of ether oxygens (including phenoxy) is 1. The first-order chi connectivity index (χ1) is 7.26. The number of hydrogen-bond acceptors (Lipinski definition) is 2. The lowest BCUT2D eigenvalue weighted by atomic mass is 10.1. The van der Waals surface area contributed by atoms with Gasteiger partial charge in [-0.1, -0.05) is 12.1 Å². The van der Waals surface area contributed by atoms with Crippen molar-refractivity contribution in [2.45, 2.75) is 25.4 Å². The van der Waals surface area contributed by atoms with Crippen molar-refractivity contribution in [1.82, 2.24) is 0 Å². The van der Waals surface area contributed by atoms with Crippen molar-refractivity contribution in [2.75, 3.05) is 7.11 Å². The van der Waals surface area contributed by atoms with E-state index in [4.69, 9.17) is 11.2 Å². The maximum atomic E-state index is 9.44. The van der Waals surface area contributed by atoms with Crippen LogP contribution in [-0.2, 0) is 6.42 Å². The molecule has 0 saturated carbocycles. The van der Waals surface area contributed by atoms with Crippen LogP contribution >= 0.6 is 0 Å². The molecule has 0 heterocycles. The third-order valence-electron chi connectivity index (χ3n) is 2.28. The number of rotatable bonds is 5. The van der Waals surface area contributed by atoms with Crippen LogP contribution in [0.4, 0.5) is 0 Å². The fraction of sp³-hybridized carbons (Fsp3) is 0.385. The lowest BCUT2D eigenvalue weighted by Gasteiger charge is -2.07. The monoisotopic (exact) mass is 204 g/mol. The van der Waals surface area contributed by atoms with E-state index in [0.29, 0.717) is 12.8 Å². The number of aliphatic hydroxyl groups is 1. The minimum Gasteiger partial charge on any atom is -0.497 e. The summed E-state index contributed by atoms with van der Waals surface area (Å²) in [5, 5.41) is 9.44. The summed E-state index contributed by atoms with van der Waals surface area (Å²) in [6.07, 6.45) is 6.69. The van der Waals surface area contributed by atoms with Crippen molar-refractivity contribution in [1.29, 1.82) is 0 Å². The molecule has 0 aliphatic rings. The summed E-state index contributed by atoms with van der Waals surface area (Å²) in [5.74, 6) is 3.30. The van der Waals surface area contributed by atoms with E-state index in [1.54, 1.807) is 7.11 Å². The van der Waals surface area contributed by atoms with E-state index < -0.39 is 6.10 Å². The number of methoxy groups -OCH3 is 1. The van der Waals surface area contributed by atoms with Gasteiger partial charge in [-0.15, -0.1) is 12.3 Å². The standard InChI is InChI=1S/C13H16O2/c1-3-4-12(14)8-5-11-6-9-13(15-2)10-7-11/h1,6-7,9-10,12,14H,4-5,8H2,2H3. The molecule has 2 nitrogen and oxygen atoms in total. The molecule has 0 aliphatic heterocycles. The van der Waals surface area contributed by atoms with Gasteiger partial charge in [0.1, 0.15) is 5.75 Å². The zero-order valence-corrected chi connectivity index (χ0v) is 8.94. The fourth-order valence-corrected chi connectivity index (χ4v) is 1.36. The molecule has 80 valence electrons. The third-order valence-corrected chi connectivity index (χ3v) is 2.28. The number of aryl methyl sites for hydroxylation is 1. The average molecular weight is 204 g/mol. The largest absolute Gasteiger partial charge is 0.497 e. The average Bonchev–Trinajstić information content (AvgIpc) is 2.27. The Kier molecular flexibility index (Phi) is 4.73. The van der Waals surface area contributed by atoms with Crippen molar-refractivity contribution in [3.8, 4) is 18.1 Å². The maximum Gasteiger partial charge on any atom is 0.118 e. The van der Waals surface area contributed by atoms with Crippen molar-refractivity contribution >= 4 is 0 Å². The number of aliphatic hydroxyl groups excluding tert-OH is 1. The first kappa shape index (κ1) is 11.6. The van der Waals surface area contributed by atoms with Gasteiger partial charge in [0, 0.05) is 6.42 Å². The fourth-order valence-electron chi connectivity index (χ4n) is 1.36. The summed E-state index contributed by atoms with van der Waals surface area (Å²) in [6, 6.07) is 7.84. The predicted octanol–water partition coefficient (Wildman–Crippen LogP) is 2.01. The van der Waals surface area contributed by atoms with Gasteiger partial charge in [-0.3, -0.25) is 0 Å². The Labute approximate surface area is 90.9 Å². The Morgan fingerprint density at radius 1 is 1.40 bits per heavy atom. The maximum absolute atomic E-state index is 9.44. The van der Waals surface area contributed by atoms with Crippen molar-refractivity contribution in [3.63, 3.8) is 0 Å². The molecule has 0 amide bonds. The highest BCUT2D eigenvalue weighted by atomic mass is 16.5. The number of terminal acetylenes is 1. The highest BCUT2D eigenvalue weighted by molar-refractivity contribution is 5.27. The lowest BCUT2D eigenvalue weighted by Crippen LogP contribution is -2.06. The summed E-state index contributed by atoms with van der Waals surface area (Å²) in [6.45, 7) is 0. The second-order valence-corrected chi connectivity index (χ2v) is 3.45. The molecule has 0 bridgehead atoms. The Hall–Kier alpha value is -1.46. The van der Waals surface area contributed by atoms with Gasteiger partial charge in [0.15, 0.2) is 0 Å². The van der Waals surface area contributed by atoms with Crippen LogP contribution in [0.2, 0.25) is 0 Å². The molecule has 15 heavy (non-hydrogen) atoms. The summed E-state index contributed by atoms with van der Waals surface area (Å²) in [5.41, 5.74) is 1.19. The van der Waals surface area contributed by atoms with Crippen molar-refractivity contribution in [2.24, 2.45) is 0 Å². The normalized spacial score (nSPS) is 11.8. The molecule has 1 aromatic rings. The van der Waals surface area contributed by atoms with Gasteiger partial charge >= 0.3 is 0 Å². The van der Waals surface area contributed by atoms with Crippen LogP contribution in [0.15, 0.2) is 24.3 Å². The zero-order chi connectivity index (χ0) is 11.1. The summed E-state index contributed by atoms with van der Waals surface area (Å²) < 4.78 is 5.06. The number of hydrogen-bond donors (Lipinski definition) is 1. The second kappa shape index (κ2) is 6.10. The third kappa shape index (κ3) is 4.05. The van der Waals surface area contributed by atoms with E-state index in [0.717, 1.165) is 12.2 Å². The van der Waals surface area contributed by atoms with Crippen LogP contribution in [0.25, 0.3) is 0 Å². The van der Waals surface area contributed by atoms with Gasteiger partial charge < -0.3 is 9.84 Å². The first-order valence-corrected chi connectivity index (χ1v) is 5.00. The molecule has 0 spiro atoms. The molecule has 0 fully saturated rings. The predicted molar refractivity (Wildman–Crippen MR) is 60.8 cm³/mol. The van der Waals surface area contributed by atoms with Crippen LogP contribution < -0.4 is 4.74 Å². The lowest BCUT2D eigenvalue weighted by molar-refractivity contribution is 0.170. The highest BCUT2D eigenvalue weighted by Gasteiger charge is 2.02. The van der Waals surface area contributed by atoms with Gasteiger partial charge in [0.25, 0.3) is 0 Å². The van der Waals surface area contributed by atoms with E-state index >= 15 is 0 Å². The highest BCUT2D eigenvalue weighted by Crippen LogP contribution is 2.13. The van der Waals surface area contributed by atoms with Crippen LogP contribution in [0.1, 0.15) is 18.4 Å². The number of benzene rings is 1. The van der Waals surface area contributed by atoms with Gasteiger partial charge in [-0.05, 0) is 30.5 Å². The van der Waals surface area contributed by atoms with Gasteiger partial charge in [0.2, 0.25) is 0 Å². The van der Waals surface area contributed by atoms with Crippen LogP contribution in [0.5, 0.6) is 5.75 Å². The van der Waals surface area contributed by atoms with E-state index in [1.165, 1.54) is 5.56 Å². The minimum absolute atomic E-state index is 0.392. The molecular formula is C13H16O2. The second-order valence-electron chi connectivity index (χ2n) is 3.45. The van der Waals surface area contributed by atoms with Crippen molar-refractivity contribution < 1.29 is 9.84 Å². The Morgan fingerprint density at radius 3 is 2.60 bits per heavy atom. The molecule has 1 unspecified atom stereocenters. The molecule has 1 rings (SSSR count). The van der Waals surface area contributed by atoms with Gasteiger partial charge in [-0.2, -0.15) is 0 Å². The van der Waals surface area contributed by atoms with Gasteiger partial charge in [-0.25, -0.2) is 0 Å². The molecule has 2 heteroatoms. The summed E-state index contributed by atoms with van der Waals surface area (Å²) in [7, 11) is 1.64. The zero-order valence-electron chi connectivity index (χ0n) is 8.94. The summed E-state index contributed by atoms with van der Waals surface area (Å²) in [4.78, 5) is 0. The topological polar surface area (TPSA) is 29.5 Å². The molecule has 0 aliphatic carbocycles. The Morgan fingerprint density at radius 2 is 2.07 bits per heavy atom. The van der Waals surface area contributed by atoms with E-state index in [1.807, 2.05) is 24.3 Å². The molecular weight excluding hydrogens is 188 g/mol. The molecule has 0 radical (unpaired) electrons. The molecule has 1 N–H and O–H groups in total. The van der Waals surface area contributed by atoms with E-state index in [-0.39, 0.29) is 0 Å². The quantitative estimate of drug-likeness (QED) is 0.743. The molecule has 0 saturated heterocycles.